The molecule has 0 spiro atoms. The highest BCUT2D eigenvalue weighted by atomic mass is 32.1. The largest absolute Gasteiger partial charge is 0.384 e. The van der Waals surface area contributed by atoms with Crippen molar-refractivity contribution in [2.24, 2.45) is 0 Å². The molecular formula is C13H16N4O2S. The monoisotopic (exact) mass is 292 g/mol. The molecule has 0 atom stereocenters. The number of hydrogen-bond acceptors (Lipinski definition) is 5. The van der Waals surface area contributed by atoms with Gasteiger partial charge in [-0.3, -0.25) is 9.59 Å². The molecule has 106 valence electrons. The summed E-state index contributed by atoms with van der Waals surface area (Å²) in [7, 11) is 0. The van der Waals surface area contributed by atoms with Crippen LogP contribution >= 0.6 is 11.3 Å². The van der Waals surface area contributed by atoms with Crippen molar-refractivity contribution in [1.82, 2.24) is 15.3 Å². The average molecular weight is 292 g/mol. The van der Waals surface area contributed by atoms with E-state index in [1.54, 1.807) is 17.6 Å². The summed E-state index contributed by atoms with van der Waals surface area (Å²) < 4.78 is 0. The first-order valence-corrected chi connectivity index (χ1v) is 7.22. The maximum Gasteiger partial charge on any atom is 0.304 e. The van der Waals surface area contributed by atoms with Gasteiger partial charge in [0.25, 0.3) is 5.91 Å². The maximum absolute atomic E-state index is 11.9. The van der Waals surface area contributed by atoms with E-state index < -0.39 is 0 Å². The number of hydrogen-bond donors (Lipinski definition) is 3. The van der Waals surface area contributed by atoms with E-state index in [-0.39, 0.29) is 17.3 Å². The van der Waals surface area contributed by atoms with Gasteiger partial charge in [0, 0.05) is 17.6 Å². The summed E-state index contributed by atoms with van der Waals surface area (Å²) in [6.07, 6.45) is 2.66. The lowest BCUT2D eigenvalue weighted by atomic mass is 10.3. The fraction of sp³-hybridized carbons (Fsp3) is 0.308. The van der Waals surface area contributed by atoms with Crippen molar-refractivity contribution in [3.8, 4) is 0 Å². The van der Waals surface area contributed by atoms with Gasteiger partial charge in [-0.1, -0.05) is 18.3 Å². The Balaban J connectivity index is 1.90. The topological polar surface area (TPSA) is 86.9 Å². The molecule has 0 aliphatic carbocycles. The molecule has 2 heterocycles. The number of nitrogens with one attached hydrogen (secondary N) is 3. The summed E-state index contributed by atoms with van der Waals surface area (Å²) >= 11 is 1.08. The molecule has 20 heavy (non-hydrogen) atoms. The van der Waals surface area contributed by atoms with Crippen LogP contribution in [-0.2, 0) is 6.54 Å². The summed E-state index contributed by atoms with van der Waals surface area (Å²) in [5.41, 5.74) is 1.93. The average Bonchev–Trinajstić information content (AvgIpc) is 2.89. The van der Waals surface area contributed by atoms with Gasteiger partial charge in [0.2, 0.25) is 0 Å². The number of aromatic amines is 1. The lowest BCUT2D eigenvalue weighted by Gasteiger charge is -2.06. The first kappa shape index (κ1) is 14.3. The van der Waals surface area contributed by atoms with Gasteiger partial charge in [-0.05, 0) is 18.6 Å². The lowest BCUT2D eigenvalue weighted by Crippen LogP contribution is -2.24. The van der Waals surface area contributed by atoms with E-state index in [2.05, 4.69) is 27.5 Å². The lowest BCUT2D eigenvalue weighted by molar-refractivity contribution is 0.0945. The number of carbonyl (C=O) groups excluding carboxylic acids is 1. The van der Waals surface area contributed by atoms with Crippen LogP contribution in [0.2, 0.25) is 0 Å². The predicted octanol–water partition coefficient (Wildman–Crippen LogP) is 1.58. The van der Waals surface area contributed by atoms with Gasteiger partial charge in [-0.25, -0.2) is 4.98 Å². The third-order valence-electron chi connectivity index (χ3n) is 2.59. The Bertz CT molecular complexity index is 618. The van der Waals surface area contributed by atoms with E-state index in [1.807, 2.05) is 6.07 Å². The van der Waals surface area contributed by atoms with Crippen molar-refractivity contribution in [3.63, 3.8) is 0 Å². The summed E-state index contributed by atoms with van der Waals surface area (Å²) in [6, 6.07) is 3.49. The van der Waals surface area contributed by atoms with Crippen LogP contribution in [0.1, 0.15) is 29.5 Å². The summed E-state index contributed by atoms with van der Waals surface area (Å²) in [5, 5.41) is 7.58. The standard InChI is InChI=1S/C13H16N4O2S/c1-2-5-14-9-3-4-11(15-6-9)12(18)16-7-10-8-20-13(19)17-10/h3-4,6,8,14H,2,5,7H2,1H3,(H,16,18)(H,17,19). The van der Waals surface area contributed by atoms with Gasteiger partial charge in [-0.2, -0.15) is 0 Å². The Kier molecular flexibility index (Phi) is 4.89. The molecule has 0 aliphatic heterocycles. The van der Waals surface area contributed by atoms with Crippen molar-refractivity contribution in [2.75, 3.05) is 11.9 Å². The Labute approximate surface area is 120 Å². The van der Waals surface area contributed by atoms with Crippen molar-refractivity contribution in [1.29, 1.82) is 0 Å². The van der Waals surface area contributed by atoms with Crippen molar-refractivity contribution >= 4 is 22.9 Å². The van der Waals surface area contributed by atoms with Crippen LogP contribution in [0, 0.1) is 0 Å². The molecule has 1 amide bonds. The minimum absolute atomic E-state index is 0.126. The van der Waals surface area contributed by atoms with Crippen LogP contribution in [0.15, 0.2) is 28.5 Å². The summed E-state index contributed by atoms with van der Waals surface area (Å²) in [5.74, 6) is -0.265. The van der Waals surface area contributed by atoms with E-state index in [9.17, 15) is 9.59 Å². The third kappa shape index (κ3) is 3.92. The smallest absolute Gasteiger partial charge is 0.304 e. The fourth-order valence-electron chi connectivity index (χ4n) is 1.57. The molecule has 0 aromatic carbocycles. The van der Waals surface area contributed by atoms with Crippen molar-refractivity contribution in [2.45, 2.75) is 19.9 Å². The van der Waals surface area contributed by atoms with Gasteiger partial charge in [0.15, 0.2) is 0 Å². The second kappa shape index (κ2) is 6.85. The third-order valence-corrected chi connectivity index (χ3v) is 3.30. The number of thiazole rings is 1. The van der Waals surface area contributed by atoms with E-state index in [1.165, 1.54) is 0 Å². The maximum atomic E-state index is 11.9. The number of rotatable bonds is 6. The molecule has 0 aliphatic rings. The number of pyridine rings is 1. The second-order valence-corrected chi connectivity index (χ2v) is 5.06. The zero-order valence-corrected chi connectivity index (χ0v) is 11.9. The second-order valence-electron chi connectivity index (χ2n) is 4.21. The van der Waals surface area contributed by atoms with Gasteiger partial charge < -0.3 is 15.6 Å². The highest BCUT2D eigenvalue weighted by molar-refractivity contribution is 7.07. The summed E-state index contributed by atoms with van der Waals surface area (Å²) in [4.78, 5) is 29.4. The van der Waals surface area contributed by atoms with Crippen LogP contribution < -0.4 is 15.5 Å². The molecular weight excluding hydrogens is 276 g/mol. The number of amides is 1. The molecule has 0 radical (unpaired) electrons. The Morgan fingerprint density at radius 2 is 2.30 bits per heavy atom. The predicted molar refractivity (Wildman–Crippen MR) is 79.1 cm³/mol. The van der Waals surface area contributed by atoms with Gasteiger partial charge in [0.1, 0.15) is 5.69 Å². The molecule has 7 heteroatoms. The van der Waals surface area contributed by atoms with E-state index >= 15 is 0 Å². The SMILES string of the molecule is CCCNc1ccc(C(=O)NCc2csc(=O)[nH]2)nc1. The van der Waals surface area contributed by atoms with Gasteiger partial charge in [0.05, 0.1) is 18.4 Å². The van der Waals surface area contributed by atoms with Crippen LogP contribution in [0.25, 0.3) is 0 Å². The molecule has 0 fully saturated rings. The molecule has 2 aromatic heterocycles. The molecule has 2 aromatic rings. The quantitative estimate of drug-likeness (QED) is 0.754. The molecule has 0 bridgehead atoms. The zero-order chi connectivity index (χ0) is 14.4. The molecule has 6 nitrogen and oxygen atoms in total. The number of carbonyl (C=O) groups is 1. The van der Waals surface area contributed by atoms with E-state index in [0.29, 0.717) is 11.4 Å². The number of aromatic nitrogens is 2. The van der Waals surface area contributed by atoms with E-state index in [0.717, 1.165) is 30.0 Å². The summed E-state index contributed by atoms with van der Waals surface area (Å²) in [6.45, 7) is 3.24. The van der Waals surface area contributed by atoms with E-state index in [4.69, 9.17) is 0 Å². The number of nitrogens with zero attached hydrogens (tertiary/aromatic N) is 1. The van der Waals surface area contributed by atoms with Crippen LogP contribution in [0.4, 0.5) is 5.69 Å². The van der Waals surface area contributed by atoms with Crippen molar-refractivity contribution in [3.05, 3.63) is 44.8 Å². The Hall–Kier alpha value is -2.15. The van der Waals surface area contributed by atoms with Crippen LogP contribution in [-0.4, -0.2) is 22.4 Å². The zero-order valence-electron chi connectivity index (χ0n) is 11.1. The highest BCUT2D eigenvalue weighted by Gasteiger charge is 2.07. The number of H-pyrrole nitrogens is 1. The Morgan fingerprint density at radius 3 is 2.90 bits per heavy atom. The minimum atomic E-state index is -0.265. The highest BCUT2D eigenvalue weighted by Crippen LogP contribution is 2.06. The molecule has 0 saturated carbocycles. The Morgan fingerprint density at radius 1 is 1.45 bits per heavy atom. The molecule has 3 N–H and O–H groups in total. The first-order chi connectivity index (χ1) is 9.69. The minimum Gasteiger partial charge on any atom is -0.384 e. The van der Waals surface area contributed by atoms with Gasteiger partial charge >= 0.3 is 4.87 Å². The van der Waals surface area contributed by atoms with Crippen LogP contribution in [0.5, 0.6) is 0 Å². The molecule has 0 saturated heterocycles. The van der Waals surface area contributed by atoms with Gasteiger partial charge in [-0.15, -0.1) is 0 Å². The molecule has 0 unspecified atom stereocenters. The normalized spacial score (nSPS) is 10.2. The van der Waals surface area contributed by atoms with Crippen LogP contribution in [0.3, 0.4) is 0 Å². The van der Waals surface area contributed by atoms with Crippen molar-refractivity contribution < 1.29 is 4.79 Å². The number of anilines is 1. The first-order valence-electron chi connectivity index (χ1n) is 6.34. The fourth-order valence-corrected chi connectivity index (χ4v) is 2.15. The molecule has 2 rings (SSSR count).